The van der Waals surface area contributed by atoms with Gasteiger partial charge >= 0.3 is 0 Å². The summed E-state index contributed by atoms with van der Waals surface area (Å²) in [5.74, 6) is 1.87. The zero-order valence-electron chi connectivity index (χ0n) is 13.5. The van der Waals surface area contributed by atoms with Crippen LogP contribution in [0.4, 0.5) is 0 Å². The second kappa shape index (κ2) is 5.49. The summed E-state index contributed by atoms with van der Waals surface area (Å²) in [4.78, 5) is 19.3. The summed E-state index contributed by atoms with van der Waals surface area (Å²) >= 11 is 0. The Balaban J connectivity index is 1.71. The number of nitrogens with zero attached hydrogens (tertiary/aromatic N) is 2. The molecule has 2 saturated heterocycles. The Bertz CT molecular complexity index is 725. The van der Waals surface area contributed by atoms with Crippen LogP contribution >= 0.6 is 0 Å². The summed E-state index contributed by atoms with van der Waals surface area (Å²) in [5.41, 5.74) is 1.88. The molecule has 23 heavy (non-hydrogen) atoms. The average molecular weight is 311 g/mol. The number of benzene rings is 1. The van der Waals surface area contributed by atoms with Crippen molar-refractivity contribution in [3.8, 4) is 0 Å². The first-order valence-electron chi connectivity index (χ1n) is 8.16. The molecule has 2 aliphatic heterocycles. The van der Waals surface area contributed by atoms with Gasteiger partial charge in [0.2, 0.25) is 5.76 Å². The zero-order valence-corrected chi connectivity index (χ0v) is 13.5. The van der Waals surface area contributed by atoms with Crippen molar-refractivity contribution >= 4 is 5.91 Å². The fourth-order valence-electron chi connectivity index (χ4n) is 4.07. The number of amides is 1. The van der Waals surface area contributed by atoms with Gasteiger partial charge in [-0.25, -0.2) is 4.98 Å². The summed E-state index contributed by atoms with van der Waals surface area (Å²) in [6, 6.07) is 10.4. The molecule has 0 saturated carbocycles. The normalized spacial score (nSPS) is 26.5. The Morgan fingerprint density at radius 1 is 1.26 bits per heavy atom. The Kier molecular flexibility index (Phi) is 3.45. The molecule has 1 aromatic heterocycles. The molecule has 0 spiro atoms. The van der Waals surface area contributed by atoms with Crippen molar-refractivity contribution in [1.82, 2.24) is 15.2 Å². The number of rotatable bonds is 2. The van der Waals surface area contributed by atoms with Crippen molar-refractivity contribution in [3.63, 3.8) is 0 Å². The number of hydrogen-bond acceptors (Lipinski definition) is 4. The Morgan fingerprint density at radius 2 is 2.04 bits per heavy atom. The first-order valence-corrected chi connectivity index (χ1v) is 8.16. The van der Waals surface area contributed by atoms with Crippen LogP contribution in [-0.2, 0) is 0 Å². The number of nitrogens with one attached hydrogen (secondary N) is 1. The minimum Gasteiger partial charge on any atom is -0.436 e. The van der Waals surface area contributed by atoms with Crippen molar-refractivity contribution in [2.45, 2.75) is 19.9 Å². The Labute approximate surface area is 135 Å². The number of likely N-dealkylation sites (tertiary alicyclic amines) is 1. The van der Waals surface area contributed by atoms with E-state index in [1.54, 1.807) is 6.92 Å². The smallest absolute Gasteiger partial charge is 0.292 e. The number of carbonyl (C=O) groups excluding carboxylic acids is 1. The van der Waals surface area contributed by atoms with E-state index in [0.717, 1.165) is 19.6 Å². The van der Waals surface area contributed by atoms with Crippen LogP contribution in [0.2, 0.25) is 0 Å². The Hall–Kier alpha value is -2.14. The van der Waals surface area contributed by atoms with Crippen LogP contribution in [0.1, 0.15) is 33.7 Å². The van der Waals surface area contributed by atoms with E-state index in [9.17, 15) is 4.79 Å². The van der Waals surface area contributed by atoms with Crippen molar-refractivity contribution in [3.05, 3.63) is 53.2 Å². The number of oxazole rings is 1. The molecular weight excluding hydrogens is 290 g/mol. The lowest BCUT2D eigenvalue weighted by Gasteiger charge is -2.27. The second-order valence-corrected chi connectivity index (χ2v) is 6.54. The van der Waals surface area contributed by atoms with Crippen LogP contribution < -0.4 is 5.32 Å². The summed E-state index contributed by atoms with van der Waals surface area (Å²) in [7, 11) is 0. The number of fused-ring (bicyclic) bond motifs is 1. The van der Waals surface area contributed by atoms with Crippen molar-refractivity contribution < 1.29 is 9.21 Å². The highest BCUT2D eigenvalue weighted by molar-refractivity contribution is 5.93. The van der Waals surface area contributed by atoms with Gasteiger partial charge in [-0.2, -0.15) is 0 Å². The lowest BCUT2D eigenvalue weighted by atomic mass is 9.89. The van der Waals surface area contributed by atoms with E-state index in [2.05, 4.69) is 22.4 Å². The van der Waals surface area contributed by atoms with Gasteiger partial charge in [0.25, 0.3) is 5.91 Å². The maximum Gasteiger partial charge on any atom is 0.292 e. The highest BCUT2D eigenvalue weighted by atomic mass is 16.4. The third-order valence-corrected chi connectivity index (χ3v) is 5.06. The fourth-order valence-corrected chi connectivity index (χ4v) is 4.07. The molecule has 2 aliphatic rings. The first kappa shape index (κ1) is 14.5. The molecule has 5 heteroatoms. The van der Waals surface area contributed by atoms with E-state index < -0.39 is 0 Å². The van der Waals surface area contributed by atoms with Gasteiger partial charge in [0.1, 0.15) is 0 Å². The van der Waals surface area contributed by atoms with Gasteiger partial charge < -0.3 is 14.6 Å². The van der Waals surface area contributed by atoms with E-state index in [-0.39, 0.29) is 11.9 Å². The minimum atomic E-state index is -0.0358. The average Bonchev–Trinajstić information content (AvgIpc) is 3.21. The van der Waals surface area contributed by atoms with Crippen LogP contribution in [0, 0.1) is 25.7 Å². The maximum absolute atomic E-state index is 13.1. The highest BCUT2D eigenvalue weighted by Crippen LogP contribution is 2.43. The molecule has 3 heterocycles. The quantitative estimate of drug-likeness (QED) is 0.925. The van der Waals surface area contributed by atoms with Gasteiger partial charge in [0, 0.05) is 32.5 Å². The van der Waals surface area contributed by atoms with E-state index in [1.165, 1.54) is 5.56 Å². The van der Waals surface area contributed by atoms with Gasteiger partial charge in [0.05, 0.1) is 11.7 Å². The Morgan fingerprint density at radius 3 is 2.74 bits per heavy atom. The lowest BCUT2D eigenvalue weighted by molar-refractivity contribution is 0.0679. The zero-order chi connectivity index (χ0) is 16.0. The molecule has 0 aliphatic carbocycles. The van der Waals surface area contributed by atoms with E-state index in [4.69, 9.17) is 4.42 Å². The van der Waals surface area contributed by atoms with Crippen LogP contribution in [0.3, 0.4) is 0 Å². The number of hydrogen-bond donors (Lipinski definition) is 1. The van der Waals surface area contributed by atoms with E-state index >= 15 is 0 Å². The minimum absolute atomic E-state index is 0.0358. The van der Waals surface area contributed by atoms with Gasteiger partial charge in [-0.3, -0.25) is 4.79 Å². The molecule has 2 fully saturated rings. The molecule has 120 valence electrons. The summed E-state index contributed by atoms with van der Waals surface area (Å²) < 4.78 is 5.58. The second-order valence-electron chi connectivity index (χ2n) is 6.54. The third kappa shape index (κ3) is 2.36. The highest BCUT2D eigenvalue weighted by Gasteiger charge is 2.47. The molecule has 4 rings (SSSR count). The number of carbonyl (C=O) groups is 1. The molecule has 1 amide bonds. The lowest BCUT2D eigenvalue weighted by Crippen LogP contribution is -2.34. The molecule has 2 aromatic rings. The van der Waals surface area contributed by atoms with E-state index in [0.29, 0.717) is 29.2 Å². The van der Waals surface area contributed by atoms with Crippen LogP contribution in [-0.4, -0.2) is 35.4 Å². The van der Waals surface area contributed by atoms with Crippen molar-refractivity contribution in [2.24, 2.45) is 11.8 Å². The molecule has 0 unspecified atom stereocenters. The molecule has 1 aromatic carbocycles. The molecular formula is C18H21N3O2. The van der Waals surface area contributed by atoms with Crippen molar-refractivity contribution in [2.75, 3.05) is 19.6 Å². The number of aryl methyl sites for hydroxylation is 2. The van der Waals surface area contributed by atoms with Gasteiger partial charge in [-0.15, -0.1) is 0 Å². The summed E-state index contributed by atoms with van der Waals surface area (Å²) in [5, 5.41) is 3.47. The molecule has 0 bridgehead atoms. The molecule has 0 radical (unpaired) electrons. The predicted octanol–water partition coefficient (Wildman–Crippen LogP) is 2.32. The molecule has 3 atom stereocenters. The monoisotopic (exact) mass is 311 g/mol. The SMILES string of the molecule is Cc1nc(C)c(C(=O)N2C[C@@H]3CNC[C@@H]3[C@H]2c2ccccc2)o1. The first-order chi connectivity index (χ1) is 11.1. The summed E-state index contributed by atoms with van der Waals surface area (Å²) in [6.07, 6.45) is 0. The maximum atomic E-state index is 13.1. The molecule has 5 nitrogen and oxygen atoms in total. The largest absolute Gasteiger partial charge is 0.436 e. The van der Waals surface area contributed by atoms with Crippen LogP contribution in [0.15, 0.2) is 34.7 Å². The molecule has 1 N–H and O–H groups in total. The van der Waals surface area contributed by atoms with Gasteiger partial charge in [-0.05, 0) is 18.4 Å². The predicted molar refractivity (Wildman–Crippen MR) is 86.0 cm³/mol. The fraction of sp³-hybridized carbons (Fsp3) is 0.444. The van der Waals surface area contributed by atoms with Crippen LogP contribution in [0.25, 0.3) is 0 Å². The number of aromatic nitrogens is 1. The summed E-state index contributed by atoms with van der Waals surface area (Å²) in [6.45, 7) is 6.32. The topological polar surface area (TPSA) is 58.4 Å². The van der Waals surface area contributed by atoms with E-state index in [1.807, 2.05) is 30.0 Å². The standard InChI is InChI=1S/C18H21N3O2/c1-11-17(23-12(2)20-11)18(22)21-10-14-8-19-9-15(14)16(21)13-6-4-3-5-7-13/h3-7,14-16,19H,8-10H2,1-2H3/t14-,15-,16+/m0/s1. The van der Waals surface area contributed by atoms with Crippen LogP contribution in [0.5, 0.6) is 0 Å². The van der Waals surface area contributed by atoms with Gasteiger partial charge in [-0.1, -0.05) is 30.3 Å². The van der Waals surface area contributed by atoms with Crippen molar-refractivity contribution in [1.29, 1.82) is 0 Å². The van der Waals surface area contributed by atoms with Gasteiger partial charge in [0.15, 0.2) is 5.89 Å². The third-order valence-electron chi connectivity index (χ3n) is 5.06.